The maximum atomic E-state index is 13.8. The molecule has 0 fully saturated rings. The monoisotopic (exact) mass is 515 g/mol. The maximum absolute atomic E-state index is 13.8. The molecule has 37 heavy (non-hydrogen) atoms. The Morgan fingerprint density at radius 2 is 1.86 bits per heavy atom. The molecule has 9 nitrogen and oxygen atoms in total. The van der Waals surface area contributed by atoms with E-state index in [1.807, 2.05) is 6.07 Å². The highest BCUT2D eigenvalue weighted by Gasteiger charge is 2.21. The van der Waals surface area contributed by atoms with Crippen LogP contribution in [-0.2, 0) is 0 Å². The van der Waals surface area contributed by atoms with Gasteiger partial charge in [0.05, 0.1) is 57.0 Å². The number of halogens is 3. The third kappa shape index (κ3) is 4.77. The minimum Gasteiger partial charge on any atom is -0.373 e. The van der Waals surface area contributed by atoms with Crippen LogP contribution in [0.15, 0.2) is 66.8 Å². The van der Waals surface area contributed by atoms with Gasteiger partial charge in [-0.3, -0.25) is 4.98 Å². The Morgan fingerprint density at radius 3 is 2.59 bits per heavy atom. The summed E-state index contributed by atoms with van der Waals surface area (Å²) in [6.07, 6.45) is 4.20. The van der Waals surface area contributed by atoms with Crippen molar-refractivity contribution in [2.75, 3.05) is 10.6 Å². The van der Waals surface area contributed by atoms with Gasteiger partial charge in [-0.15, -0.1) is 0 Å². The molecule has 1 unspecified atom stereocenters. The second-order valence-electron chi connectivity index (χ2n) is 7.94. The molecule has 0 bridgehead atoms. The van der Waals surface area contributed by atoms with Crippen LogP contribution in [0.2, 0.25) is 5.02 Å². The number of nitrogens with one attached hydrogen (secondary N) is 5. The topological polar surface area (TPSA) is 134 Å². The predicted octanol–water partition coefficient (Wildman–Crippen LogP) is 4.66. The number of nitriles is 2. The number of aromatic nitrogens is 2. The number of pyridine rings is 2. The first-order valence-corrected chi connectivity index (χ1v) is 11.2. The summed E-state index contributed by atoms with van der Waals surface area (Å²) in [6, 6.07) is 15.3. The SMILES string of the molecule is N#Cc1cccc(C(Nc2cc(Cl)c3ncc(C#N)c(Nc4cnc(F)c(F)c4)c3c2)C2=CNNN2)c1. The lowest BCUT2D eigenvalue weighted by molar-refractivity contribution is 0.480. The molecule has 182 valence electrons. The summed E-state index contributed by atoms with van der Waals surface area (Å²) in [5.74, 6) is -2.37. The highest BCUT2D eigenvalue weighted by atomic mass is 35.5. The van der Waals surface area contributed by atoms with E-state index in [1.54, 1.807) is 36.5 Å². The van der Waals surface area contributed by atoms with Crippen molar-refractivity contribution < 1.29 is 8.78 Å². The van der Waals surface area contributed by atoms with Gasteiger partial charge in [0.15, 0.2) is 5.82 Å². The third-order valence-corrected chi connectivity index (χ3v) is 5.88. The molecule has 0 spiro atoms. The largest absolute Gasteiger partial charge is 0.373 e. The quantitative estimate of drug-likeness (QED) is 0.232. The molecule has 0 amide bonds. The van der Waals surface area contributed by atoms with Crippen molar-refractivity contribution >= 4 is 39.6 Å². The van der Waals surface area contributed by atoms with Gasteiger partial charge in [-0.2, -0.15) is 20.4 Å². The van der Waals surface area contributed by atoms with E-state index < -0.39 is 17.8 Å². The van der Waals surface area contributed by atoms with Crippen LogP contribution < -0.4 is 27.0 Å². The van der Waals surface area contributed by atoms with Gasteiger partial charge < -0.3 is 21.5 Å². The van der Waals surface area contributed by atoms with Gasteiger partial charge in [0.25, 0.3) is 0 Å². The molecule has 0 radical (unpaired) electrons. The van der Waals surface area contributed by atoms with Gasteiger partial charge in [0, 0.05) is 29.5 Å². The van der Waals surface area contributed by atoms with Crippen molar-refractivity contribution in [1.29, 1.82) is 10.5 Å². The molecular weight excluding hydrogens is 500 g/mol. The predicted molar refractivity (Wildman–Crippen MR) is 134 cm³/mol. The molecule has 4 aromatic rings. The van der Waals surface area contributed by atoms with Gasteiger partial charge in [-0.1, -0.05) is 23.7 Å². The first kappa shape index (κ1) is 23.8. The van der Waals surface area contributed by atoms with Crippen molar-refractivity contribution in [3.8, 4) is 12.1 Å². The van der Waals surface area contributed by atoms with Gasteiger partial charge >= 0.3 is 0 Å². The number of nitrogens with zero attached hydrogens (tertiary/aromatic N) is 4. The molecule has 12 heteroatoms. The molecule has 1 aliphatic rings. The second-order valence-corrected chi connectivity index (χ2v) is 8.35. The highest BCUT2D eigenvalue weighted by molar-refractivity contribution is 6.36. The number of anilines is 3. The summed E-state index contributed by atoms with van der Waals surface area (Å²) in [6.45, 7) is 0. The fourth-order valence-electron chi connectivity index (χ4n) is 3.91. The van der Waals surface area contributed by atoms with E-state index in [-0.39, 0.29) is 11.3 Å². The summed E-state index contributed by atoms with van der Waals surface area (Å²) in [5.41, 5.74) is 12.3. The first-order valence-electron chi connectivity index (χ1n) is 10.8. The lowest BCUT2D eigenvalue weighted by atomic mass is 10.0. The van der Waals surface area contributed by atoms with Crippen molar-refractivity contribution in [2.24, 2.45) is 0 Å². The highest BCUT2D eigenvalue weighted by Crippen LogP contribution is 2.36. The molecule has 5 rings (SSSR count). The summed E-state index contributed by atoms with van der Waals surface area (Å²) in [5, 5.41) is 26.2. The zero-order valence-electron chi connectivity index (χ0n) is 18.8. The Bertz CT molecular complexity index is 1640. The molecule has 1 atom stereocenters. The lowest BCUT2D eigenvalue weighted by Crippen LogP contribution is -2.33. The Balaban J connectivity index is 1.60. The number of hydrogen-bond donors (Lipinski definition) is 5. The Labute approximate surface area is 214 Å². The lowest BCUT2D eigenvalue weighted by Gasteiger charge is -2.22. The van der Waals surface area contributed by atoms with Crippen LogP contribution in [0, 0.1) is 34.4 Å². The van der Waals surface area contributed by atoms with E-state index in [9.17, 15) is 19.3 Å². The average molecular weight is 516 g/mol. The molecule has 0 saturated heterocycles. The standard InChI is InChI=1S/C25H16ClF2N9/c26-19-6-16(34-23(21-12-33-37-36-21)14-3-1-2-13(4-14)8-29)5-18-22(15(9-30)10-31-24(18)19)35-17-7-20(27)25(28)32-11-17/h1-7,10-12,23,33-34,36-37H,(H,31,35). The molecule has 0 aliphatic carbocycles. The number of benzene rings is 2. The summed E-state index contributed by atoms with van der Waals surface area (Å²) in [7, 11) is 0. The fraction of sp³-hybridized carbons (Fsp3) is 0.0400. The zero-order valence-corrected chi connectivity index (χ0v) is 19.5. The van der Waals surface area contributed by atoms with Crippen molar-refractivity contribution in [1.82, 2.24) is 26.4 Å². The smallest absolute Gasteiger partial charge is 0.249 e. The summed E-state index contributed by atoms with van der Waals surface area (Å²) >= 11 is 6.58. The molecule has 2 aromatic carbocycles. The van der Waals surface area contributed by atoms with Gasteiger partial charge in [0.2, 0.25) is 5.95 Å². The minimum absolute atomic E-state index is 0.140. The number of hydrogen-bond acceptors (Lipinski definition) is 9. The van der Waals surface area contributed by atoms with Crippen molar-refractivity contribution in [3.05, 3.63) is 100 Å². The van der Waals surface area contributed by atoms with E-state index >= 15 is 0 Å². The minimum atomic E-state index is -1.23. The second kappa shape index (κ2) is 9.95. The summed E-state index contributed by atoms with van der Waals surface area (Å²) in [4.78, 5) is 7.70. The van der Waals surface area contributed by atoms with Crippen molar-refractivity contribution in [3.63, 3.8) is 0 Å². The van der Waals surface area contributed by atoms with Crippen LogP contribution in [0.3, 0.4) is 0 Å². The number of rotatable bonds is 6. The fourth-order valence-corrected chi connectivity index (χ4v) is 4.17. The molecular formula is C25H16ClF2N9. The van der Waals surface area contributed by atoms with Crippen LogP contribution in [0.25, 0.3) is 10.9 Å². The van der Waals surface area contributed by atoms with Crippen LogP contribution in [0.5, 0.6) is 0 Å². The number of hydrazine groups is 2. The zero-order chi connectivity index (χ0) is 25.9. The molecule has 1 aliphatic heterocycles. The van der Waals surface area contributed by atoms with E-state index in [2.05, 4.69) is 49.1 Å². The Hall–Kier alpha value is -4.97. The van der Waals surface area contributed by atoms with Crippen LogP contribution in [-0.4, -0.2) is 9.97 Å². The third-order valence-electron chi connectivity index (χ3n) is 5.59. The average Bonchev–Trinajstić information content (AvgIpc) is 3.44. The van der Waals surface area contributed by atoms with E-state index in [0.29, 0.717) is 32.9 Å². The Kier molecular flexibility index (Phi) is 6.39. The van der Waals surface area contributed by atoms with Crippen molar-refractivity contribution in [2.45, 2.75) is 6.04 Å². The van der Waals surface area contributed by atoms with E-state index in [4.69, 9.17) is 11.6 Å². The molecule has 2 aromatic heterocycles. The maximum Gasteiger partial charge on any atom is 0.249 e. The van der Waals surface area contributed by atoms with Gasteiger partial charge in [-0.25, -0.2) is 9.37 Å². The molecule has 3 heterocycles. The van der Waals surface area contributed by atoms with E-state index in [0.717, 1.165) is 23.5 Å². The molecule has 5 N–H and O–H groups in total. The van der Waals surface area contributed by atoms with Crippen LogP contribution in [0.4, 0.5) is 25.8 Å². The summed E-state index contributed by atoms with van der Waals surface area (Å²) < 4.78 is 27.1. The van der Waals surface area contributed by atoms with Crippen LogP contribution in [0.1, 0.15) is 22.7 Å². The molecule has 0 saturated carbocycles. The normalized spacial score (nSPS) is 13.1. The van der Waals surface area contributed by atoms with Gasteiger partial charge in [0.1, 0.15) is 6.07 Å². The first-order chi connectivity index (χ1) is 18.0. The number of fused-ring (bicyclic) bond motifs is 1. The van der Waals surface area contributed by atoms with Gasteiger partial charge in [-0.05, 0) is 29.8 Å². The van der Waals surface area contributed by atoms with E-state index in [1.165, 1.54) is 6.20 Å². The van der Waals surface area contributed by atoms with Crippen LogP contribution >= 0.6 is 11.6 Å². The Morgan fingerprint density at radius 1 is 1.00 bits per heavy atom.